The first-order chi connectivity index (χ1) is 16.2. The molecular weight excluding hydrogens is 483 g/mol. The Morgan fingerprint density at radius 3 is 2.37 bits per heavy atom. The molecule has 1 fully saturated rings. The molecule has 2 amide bonds. The van der Waals surface area contributed by atoms with Crippen molar-refractivity contribution in [2.75, 3.05) is 39.3 Å². The van der Waals surface area contributed by atoms with E-state index < -0.39 is 0 Å². The molecule has 1 atom stereocenters. The van der Waals surface area contributed by atoms with Crippen LogP contribution < -0.4 is 10.6 Å². The minimum atomic E-state index is -0.00970. The van der Waals surface area contributed by atoms with Gasteiger partial charge in [0.05, 0.1) is 6.54 Å². The van der Waals surface area contributed by atoms with Crippen LogP contribution in [-0.2, 0) is 22.6 Å². The zero-order valence-corrected chi connectivity index (χ0v) is 21.9. The minimum Gasteiger partial charge on any atom is -0.356 e. The fraction of sp³-hybridized carbons (Fsp3) is 0.481. The van der Waals surface area contributed by atoms with Crippen molar-refractivity contribution in [3.05, 3.63) is 71.3 Å². The number of nitrogens with one attached hydrogen (secondary N) is 2. The Morgan fingerprint density at radius 2 is 1.57 bits per heavy atom. The third kappa shape index (κ3) is 8.80. The van der Waals surface area contributed by atoms with Gasteiger partial charge in [0.2, 0.25) is 11.8 Å². The summed E-state index contributed by atoms with van der Waals surface area (Å²) in [5.74, 6) is 0.293. The lowest BCUT2D eigenvalue weighted by Gasteiger charge is -2.31. The van der Waals surface area contributed by atoms with E-state index >= 15 is 0 Å². The van der Waals surface area contributed by atoms with Gasteiger partial charge in [-0.3, -0.25) is 14.5 Å². The number of carbonyl (C=O) groups is 2. The maximum atomic E-state index is 13.2. The minimum absolute atomic E-state index is 0. The molecule has 0 aromatic heterocycles. The second-order valence-corrected chi connectivity index (χ2v) is 9.14. The lowest BCUT2D eigenvalue weighted by Crippen LogP contribution is -2.43. The van der Waals surface area contributed by atoms with Gasteiger partial charge in [0.1, 0.15) is 0 Å². The molecule has 8 heteroatoms. The molecule has 2 aromatic rings. The molecule has 35 heavy (non-hydrogen) atoms. The average Bonchev–Trinajstić information content (AvgIpc) is 2.86. The average molecular weight is 522 g/mol. The van der Waals surface area contributed by atoms with Gasteiger partial charge >= 0.3 is 0 Å². The molecule has 6 nitrogen and oxygen atoms in total. The number of halogens is 2. The highest BCUT2D eigenvalue weighted by atomic mass is 35.5. The van der Waals surface area contributed by atoms with Gasteiger partial charge in [0.15, 0.2) is 0 Å². The van der Waals surface area contributed by atoms with Crippen LogP contribution in [0.3, 0.4) is 0 Å². The van der Waals surface area contributed by atoms with E-state index in [-0.39, 0.29) is 42.7 Å². The van der Waals surface area contributed by atoms with E-state index in [4.69, 9.17) is 0 Å². The molecule has 2 heterocycles. The number of hydrogen-bond acceptors (Lipinski definition) is 4. The van der Waals surface area contributed by atoms with Crippen LogP contribution in [0.4, 0.5) is 0 Å². The molecule has 0 bridgehead atoms. The fourth-order valence-electron chi connectivity index (χ4n) is 4.79. The maximum absolute atomic E-state index is 13.2. The smallest absolute Gasteiger partial charge is 0.236 e. The zero-order chi connectivity index (χ0) is 22.9. The number of benzene rings is 2. The third-order valence-electron chi connectivity index (χ3n) is 6.69. The molecule has 0 aliphatic carbocycles. The van der Waals surface area contributed by atoms with E-state index in [2.05, 4.69) is 51.9 Å². The predicted molar refractivity (Wildman–Crippen MR) is 145 cm³/mol. The topological polar surface area (TPSA) is 64.7 Å². The molecule has 1 saturated heterocycles. The number of carbonyl (C=O) groups excluding carboxylic acids is 2. The molecule has 2 aromatic carbocycles. The van der Waals surface area contributed by atoms with Crippen molar-refractivity contribution in [1.82, 2.24) is 20.4 Å². The molecule has 2 N–H and O–H groups in total. The molecular formula is C27H38Cl2N4O2. The number of fused-ring (bicyclic) bond motifs is 1. The number of nitrogens with zero attached hydrogens (tertiary/aromatic N) is 2. The van der Waals surface area contributed by atoms with Crippen LogP contribution in [0.2, 0.25) is 0 Å². The first-order valence-electron chi connectivity index (χ1n) is 12.3. The van der Waals surface area contributed by atoms with Crippen molar-refractivity contribution in [1.29, 1.82) is 0 Å². The van der Waals surface area contributed by atoms with Crippen LogP contribution in [-0.4, -0.2) is 60.9 Å². The number of hydrogen-bond donors (Lipinski definition) is 2. The van der Waals surface area contributed by atoms with Crippen molar-refractivity contribution in [2.24, 2.45) is 0 Å². The van der Waals surface area contributed by atoms with Crippen LogP contribution in [0.5, 0.6) is 0 Å². The second kappa shape index (κ2) is 15.1. The summed E-state index contributed by atoms with van der Waals surface area (Å²) in [7, 11) is 0. The molecule has 4 rings (SSSR count). The molecule has 1 unspecified atom stereocenters. The summed E-state index contributed by atoms with van der Waals surface area (Å²) < 4.78 is 0. The van der Waals surface area contributed by atoms with E-state index in [9.17, 15) is 9.59 Å². The summed E-state index contributed by atoms with van der Waals surface area (Å²) in [5, 5.41) is 6.60. The highest BCUT2D eigenvalue weighted by molar-refractivity contribution is 5.85. The summed E-state index contributed by atoms with van der Waals surface area (Å²) >= 11 is 0. The van der Waals surface area contributed by atoms with Gasteiger partial charge in [-0.05, 0) is 48.9 Å². The van der Waals surface area contributed by atoms with Crippen LogP contribution >= 0.6 is 24.8 Å². The van der Waals surface area contributed by atoms with E-state index in [0.717, 1.165) is 64.0 Å². The Morgan fingerprint density at radius 1 is 0.857 bits per heavy atom. The summed E-state index contributed by atoms with van der Waals surface area (Å²) in [4.78, 5) is 29.9. The zero-order valence-electron chi connectivity index (χ0n) is 20.3. The molecule has 192 valence electrons. The number of amides is 2. The monoisotopic (exact) mass is 520 g/mol. The third-order valence-corrected chi connectivity index (χ3v) is 6.69. The van der Waals surface area contributed by atoms with E-state index in [0.29, 0.717) is 19.5 Å². The molecule has 0 radical (unpaired) electrons. The van der Waals surface area contributed by atoms with Gasteiger partial charge in [-0.25, -0.2) is 0 Å². The van der Waals surface area contributed by atoms with Gasteiger partial charge < -0.3 is 15.5 Å². The first kappa shape index (κ1) is 29.1. The first-order valence-corrected chi connectivity index (χ1v) is 12.3. The predicted octanol–water partition coefficient (Wildman–Crippen LogP) is 3.74. The normalized spacial score (nSPS) is 19.9. The Balaban J connectivity index is 0.00000216. The molecule has 0 saturated carbocycles. The van der Waals surface area contributed by atoms with Crippen LogP contribution in [0.15, 0.2) is 54.6 Å². The van der Waals surface area contributed by atoms with Crippen LogP contribution in [0, 0.1) is 0 Å². The quantitative estimate of drug-likeness (QED) is 0.646. The summed E-state index contributed by atoms with van der Waals surface area (Å²) in [6.45, 7) is 5.19. The lowest BCUT2D eigenvalue weighted by atomic mass is 10.00. The van der Waals surface area contributed by atoms with Crippen LogP contribution in [0.25, 0.3) is 0 Å². The molecule has 0 spiro atoms. The Labute approximate surface area is 221 Å². The Hall–Kier alpha value is -2.12. The van der Waals surface area contributed by atoms with Crippen molar-refractivity contribution in [3.8, 4) is 0 Å². The van der Waals surface area contributed by atoms with Gasteiger partial charge in [-0.2, -0.15) is 0 Å². The van der Waals surface area contributed by atoms with Crippen molar-refractivity contribution >= 4 is 36.6 Å². The summed E-state index contributed by atoms with van der Waals surface area (Å²) in [6.07, 6.45) is 4.11. The highest BCUT2D eigenvalue weighted by Crippen LogP contribution is 2.19. The van der Waals surface area contributed by atoms with E-state index in [1.807, 2.05) is 23.1 Å². The Bertz CT molecular complexity index is 928. The van der Waals surface area contributed by atoms with Crippen LogP contribution in [0.1, 0.15) is 48.4 Å². The fourth-order valence-corrected chi connectivity index (χ4v) is 4.79. The SMILES string of the molecule is Cl.Cl.O=C1CC(c2ccccc2)NCCCN(C(=O)CN2CCc3ccccc3C2)CCCCN1. The van der Waals surface area contributed by atoms with Gasteiger partial charge in [-0.1, -0.05) is 54.6 Å². The Kier molecular flexibility index (Phi) is 12.6. The standard InChI is InChI=1S/C27H36N4O2.2ClH/c32-26-19-25(23-10-2-1-3-11-23)28-15-8-17-31(16-7-6-14-29-26)27(33)21-30-18-13-22-9-4-5-12-24(22)20-30;;/h1-5,9-12,25,28H,6-8,13-21H2,(H,29,32);2*1H. The van der Waals surface area contributed by atoms with E-state index in [1.165, 1.54) is 11.1 Å². The highest BCUT2D eigenvalue weighted by Gasteiger charge is 2.22. The van der Waals surface area contributed by atoms with Gasteiger partial charge in [0.25, 0.3) is 0 Å². The summed E-state index contributed by atoms with van der Waals surface area (Å²) in [6, 6.07) is 18.7. The second-order valence-electron chi connectivity index (χ2n) is 9.14. The van der Waals surface area contributed by atoms with Crippen molar-refractivity contribution in [3.63, 3.8) is 0 Å². The summed E-state index contributed by atoms with van der Waals surface area (Å²) in [5.41, 5.74) is 3.87. The van der Waals surface area contributed by atoms with Gasteiger partial charge in [0, 0.05) is 45.2 Å². The lowest BCUT2D eigenvalue weighted by molar-refractivity contribution is -0.132. The van der Waals surface area contributed by atoms with Gasteiger partial charge in [-0.15, -0.1) is 24.8 Å². The number of rotatable bonds is 3. The van der Waals surface area contributed by atoms with Crippen molar-refractivity contribution in [2.45, 2.75) is 44.7 Å². The maximum Gasteiger partial charge on any atom is 0.236 e. The largest absolute Gasteiger partial charge is 0.356 e. The van der Waals surface area contributed by atoms with Crippen molar-refractivity contribution < 1.29 is 9.59 Å². The molecule has 2 aliphatic rings. The molecule has 2 aliphatic heterocycles. The van der Waals surface area contributed by atoms with E-state index in [1.54, 1.807) is 0 Å².